The van der Waals surface area contributed by atoms with Crippen LogP contribution in [-0.2, 0) is 42.9 Å². The van der Waals surface area contributed by atoms with E-state index in [1.165, 1.54) is 0 Å². The van der Waals surface area contributed by atoms with Crippen molar-refractivity contribution in [3.63, 3.8) is 0 Å². The van der Waals surface area contributed by atoms with E-state index in [0.29, 0.717) is 77.4 Å². The van der Waals surface area contributed by atoms with Gasteiger partial charge in [-0.05, 0) is 56.0 Å². The zero-order valence-corrected chi connectivity index (χ0v) is 36.8. The molecule has 19 nitrogen and oxygen atoms in total. The monoisotopic (exact) mass is 878 g/mol. The minimum atomic E-state index is -1.02. The van der Waals surface area contributed by atoms with E-state index >= 15 is 0 Å². The Morgan fingerprint density at radius 2 is 1.56 bits per heavy atom. The van der Waals surface area contributed by atoms with Gasteiger partial charge in [0.05, 0.1) is 77.2 Å². The van der Waals surface area contributed by atoms with Gasteiger partial charge in [-0.1, -0.05) is 25.6 Å². The number of carbonyl (C=O) groups excluding carboxylic acids is 6. The number of nitrogens with two attached hydrogens (primary N) is 1. The van der Waals surface area contributed by atoms with Gasteiger partial charge in [0.15, 0.2) is 0 Å². The van der Waals surface area contributed by atoms with Crippen LogP contribution in [0.1, 0.15) is 73.6 Å². The largest absolute Gasteiger partial charge is 0.397 e. The van der Waals surface area contributed by atoms with Crippen LogP contribution in [0.5, 0.6) is 0 Å². The highest BCUT2D eigenvalue weighted by Crippen LogP contribution is 2.55. The van der Waals surface area contributed by atoms with Gasteiger partial charge in [-0.15, -0.1) is 0 Å². The molecule has 2 saturated heterocycles. The number of likely N-dealkylation sites (N-methyl/N-ethyl adjacent to an activating group) is 1. The van der Waals surface area contributed by atoms with E-state index in [0.717, 1.165) is 28.3 Å². The van der Waals surface area contributed by atoms with Gasteiger partial charge in [-0.2, -0.15) is 0 Å². The van der Waals surface area contributed by atoms with Gasteiger partial charge in [0.2, 0.25) is 23.6 Å². The van der Waals surface area contributed by atoms with Crippen LogP contribution in [0.15, 0.2) is 65.8 Å². The normalized spacial score (nSPS) is 21.0. The quantitative estimate of drug-likeness (QED) is 0.0348. The Hall–Kier alpha value is -5.60. The fraction of sp³-hybridized carbons (Fsp3) is 0.545. The van der Waals surface area contributed by atoms with Crippen LogP contribution < -0.4 is 27.0 Å². The highest BCUT2D eigenvalue weighted by Gasteiger charge is 2.67. The molecule has 19 heteroatoms. The van der Waals surface area contributed by atoms with E-state index in [1.807, 2.05) is 31.1 Å². The molecule has 0 spiro atoms. The number of allylic oxidation sites excluding steroid dienone is 2. The standard InChI is InChI=1S/C44H62N8O11/c1-6-8-30-27-35(52-43(44(30,52)4)50(5)28-32(45)29(2)3)48-38(55)13-15-47-36(53)14-17-59-19-21-61-23-25-63-26-24-62-22-20-60-18-16-46-33-10-7-9-31-39(33)42(58)51(41(31)57)34-11-12-37(54)49-40(34)56/h7-10,27-28,34,43,46H,2,6,11-26,45H2,1,3-5H3,(H,47,53)(H,48,55)(H,49,54,56)/b30-8-,32-28+/t34?,43-,44?,52?/m0/s1. The lowest BCUT2D eigenvalue weighted by Crippen LogP contribution is -2.54. The number of nitrogens with one attached hydrogen (secondary N) is 4. The zero-order valence-electron chi connectivity index (χ0n) is 36.8. The molecule has 1 aromatic rings. The number of amides is 6. The van der Waals surface area contributed by atoms with Gasteiger partial charge in [0.1, 0.15) is 23.6 Å². The van der Waals surface area contributed by atoms with Crippen molar-refractivity contribution in [2.75, 3.05) is 91.5 Å². The summed E-state index contributed by atoms with van der Waals surface area (Å²) in [6.45, 7) is 14.0. The fourth-order valence-corrected chi connectivity index (χ4v) is 7.64. The predicted octanol–water partition coefficient (Wildman–Crippen LogP) is 1.50. The number of anilines is 1. The minimum absolute atomic E-state index is 0.00245. The topological polar surface area (TPSA) is 232 Å². The predicted molar refractivity (Wildman–Crippen MR) is 231 cm³/mol. The van der Waals surface area contributed by atoms with Crippen molar-refractivity contribution < 1.29 is 52.5 Å². The van der Waals surface area contributed by atoms with Crippen molar-refractivity contribution in [1.29, 1.82) is 0 Å². The lowest BCUT2D eigenvalue weighted by molar-refractivity contribution is -0.136. The molecule has 0 radical (unpaired) electrons. The molecule has 4 aliphatic heterocycles. The van der Waals surface area contributed by atoms with E-state index in [9.17, 15) is 28.8 Å². The molecule has 63 heavy (non-hydrogen) atoms. The van der Waals surface area contributed by atoms with E-state index < -0.39 is 29.7 Å². The first-order chi connectivity index (χ1) is 30.3. The average molecular weight is 879 g/mol. The van der Waals surface area contributed by atoms with Crippen LogP contribution >= 0.6 is 0 Å². The molecule has 6 N–H and O–H groups in total. The Bertz CT molecular complexity index is 1970. The summed E-state index contributed by atoms with van der Waals surface area (Å²) < 4.78 is 27.7. The van der Waals surface area contributed by atoms with Crippen molar-refractivity contribution in [2.24, 2.45) is 5.73 Å². The van der Waals surface area contributed by atoms with Gasteiger partial charge in [-0.3, -0.25) is 39.0 Å². The molecule has 1 aromatic carbocycles. The first kappa shape index (κ1) is 48.4. The Morgan fingerprint density at radius 3 is 2.17 bits per heavy atom. The summed E-state index contributed by atoms with van der Waals surface area (Å²) in [7, 11) is 1.96. The molecule has 2 fully saturated rings. The van der Waals surface area contributed by atoms with Crippen LogP contribution in [0.3, 0.4) is 0 Å². The van der Waals surface area contributed by atoms with Crippen molar-refractivity contribution in [3.05, 3.63) is 76.9 Å². The third-order valence-corrected chi connectivity index (χ3v) is 10.9. The van der Waals surface area contributed by atoms with E-state index in [2.05, 4.69) is 52.7 Å². The van der Waals surface area contributed by atoms with Crippen molar-refractivity contribution in [2.45, 2.75) is 70.6 Å². The van der Waals surface area contributed by atoms with Crippen LogP contribution in [0, 0.1) is 0 Å². The Balaban J connectivity index is 0.812. The Kier molecular flexibility index (Phi) is 17.8. The van der Waals surface area contributed by atoms with E-state index in [1.54, 1.807) is 18.2 Å². The highest BCUT2D eigenvalue weighted by molar-refractivity contribution is 6.25. The number of benzene rings is 1. The maximum Gasteiger partial charge on any atom is 0.264 e. The maximum atomic E-state index is 13.2. The average Bonchev–Trinajstić information content (AvgIpc) is 3.69. The number of rotatable bonds is 28. The Labute approximate surface area is 368 Å². The summed E-state index contributed by atoms with van der Waals surface area (Å²) in [6.07, 6.45) is 7.35. The number of fused-ring (bicyclic) bond motifs is 2. The molecule has 0 bridgehead atoms. The van der Waals surface area contributed by atoms with Gasteiger partial charge in [0.25, 0.3) is 11.8 Å². The van der Waals surface area contributed by atoms with E-state index in [4.69, 9.17) is 29.4 Å². The number of carbonyl (C=O) groups is 6. The number of nitrogens with zero attached hydrogens (tertiary/aromatic N) is 3. The number of imide groups is 2. The summed E-state index contributed by atoms with van der Waals surface area (Å²) >= 11 is 0. The Morgan fingerprint density at radius 1 is 0.921 bits per heavy atom. The summed E-state index contributed by atoms with van der Waals surface area (Å²) in [4.78, 5) is 80.3. The molecule has 6 amide bonds. The zero-order chi connectivity index (χ0) is 45.5. The molecular formula is C44H62N8O11. The first-order valence-corrected chi connectivity index (χ1v) is 21.4. The van der Waals surface area contributed by atoms with Crippen molar-refractivity contribution in [1.82, 2.24) is 30.7 Å². The molecule has 4 heterocycles. The summed E-state index contributed by atoms with van der Waals surface area (Å²) in [5, 5.41) is 11.1. The number of hydrogen-bond donors (Lipinski definition) is 5. The van der Waals surface area contributed by atoms with Gasteiger partial charge in [0, 0.05) is 57.0 Å². The second kappa shape index (κ2) is 23.2. The van der Waals surface area contributed by atoms with Crippen LogP contribution in [0.4, 0.5) is 5.69 Å². The third-order valence-electron chi connectivity index (χ3n) is 10.9. The molecule has 0 saturated carbocycles. The lowest BCUT2D eigenvalue weighted by Gasteiger charge is -2.27. The van der Waals surface area contributed by atoms with Crippen molar-refractivity contribution >= 4 is 41.1 Å². The number of hydrogen-bond acceptors (Lipinski definition) is 15. The molecule has 3 atom stereocenters. The van der Waals surface area contributed by atoms with Crippen LogP contribution in [-0.4, -0.2) is 154 Å². The molecule has 344 valence electrons. The summed E-state index contributed by atoms with van der Waals surface area (Å²) in [5.41, 5.74) is 9.24. The fourth-order valence-electron chi connectivity index (χ4n) is 7.64. The summed E-state index contributed by atoms with van der Waals surface area (Å²) in [6, 6.07) is 3.86. The van der Waals surface area contributed by atoms with Crippen molar-refractivity contribution in [3.8, 4) is 0 Å². The van der Waals surface area contributed by atoms with Crippen LogP contribution in [0.25, 0.3) is 0 Å². The molecule has 2 unspecified atom stereocenters. The first-order valence-electron chi connectivity index (χ1n) is 21.4. The van der Waals surface area contributed by atoms with Gasteiger partial charge < -0.3 is 55.2 Å². The second-order valence-electron chi connectivity index (χ2n) is 15.6. The smallest absolute Gasteiger partial charge is 0.264 e. The molecule has 4 aliphatic rings. The second-order valence-corrected chi connectivity index (χ2v) is 15.6. The SMILES string of the molecule is C=C(C)/C(N)=C\N(C)[C@H]1N2C(NC(=O)CCNC(=O)CCOCCOCCOCCOCCOCCNc3cccc4c3C(=O)N(C3CCC(=O)NC3=O)C4=O)=C/C(=C/CC)C12C. The van der Waals surface area contributed by atoms with Gasteiger partial charge >= 0.3 is 0 Å². The van der Waals surface area contributed by atoms with Gasteiger partial charge in [-0.25, -0.2) is 0 Å². The maximum absolute atomic E-state index is 13.2. The number of ether oxygens (including phenoxy) is 5. The molecule has 5 rings (SSSR count). The van der Waals surface area contributed by atoms with Crippen LogP contribution in [0.2, 0.25) is 0 Å². The molecule has 0 aliphatic carbocycles. The third kappa shape index (κ3) is 12.5. The lowest BCUT2D eigenvalue weighted by atomic mass is 9.99. The molecular weight excluding hydrogens is 817 g/mol. The number of piperidine rings is 1. The van der Waals surface area contributed by atoms with E-state index in [-0.39, 0.29) is 73.5 Å². The highest BCUT2D eigenvalue weighted by atomic mass is 16.6. The summed E-state index contributed by atoms with van der Waals surface area (Å²) in [5.74, 6) is -1.88. The molecule has 0 aromatic heterocycles. The minimum Gasteiger partial charge on any atom is -0.397 e.